The number of pyridine rings is 1. The van der Waals surface area contributed by atoms with Gasteiger partial charge in [0.1, 0.15) is 1.41 Å². The second kappa shape index (κ2) is 7.00. The molecule has 2 unspecified atom stereocenters. The number of aromatic nitrogens is 1. The van der Waals surface area contributed by atoms with Gasteiger partial charge in [0.2, 0.25) is 0 Å². The molecule has 0 bridgehead atoms. The summed E-state index contributed by atoms with van der Waals surface area (Å²) in [6.45, 7) is 14.2. The van der Waals surface area contributed by atoms with E-state index in [1.54, 1.807) is 5.31 Å². The first-order valence-corrected chi connectivity index (χ1v) is 10.7. The second-order valence-corrected chi connectivity index (χ2v) is 9.58. The van der Waals surface area contributed by atoms with Crippen LogP contribution < -0.4 is 5.31 Å². The molecule has 1 aromatic heterocycles. The highest BCUT2D eigenvalue weighted by Crippen LogP contribution is 2.47. The van der Waals surface area contributed by atoms with Crippen molar-refractivity contribution >= 4 is 17.2 Å². The molecule has 4 rings (SSSR count). The molecule has 1 fully saturated rings. The van der Waals surface area contributed by atoms with E-state index in [2.05, 4.69) is 53.7 Å². The molecule has 0 saturated carbocycles. The number of aryl methyl sites for hydroxylation is 1. The van der Waals surface area contributed by atoms with Gasteiger partial charge in [-0.15, -0.1) is 0 Å². The van der Waals surface area contributed by atoms with Crippen LogP contribution in [-0.4, -0.2) is 17.6 Å². The molecule has 2 nitrogen and oxygen atoms in total. The highest BCUT2D eigenvalue weighted by atomic mass is 35.5. The van der Waals surface area contributed by atoms with Gasteiger partial charge in [-0.1, -0.05) is 44.0 Å². The molecule has 0 spiro atoms. The third kappa shape index (κ3) is 3.02. The van der Waals surface area contributed by atoms with Gasteiger partial charge in [-0.05, 0) is 86.0 Å². The third-order valence-corrected chi connectivity index (χ3v) is 7.35. The summed E-state index contributed by atoms with van der Waals surface area (Å²) in [6.07, 6.45) is 3.88. The average Bonchev–Trinajstić information content (AvgIpc) is 2.77. The number of hydrogen-bond acceptors (Lipinski definition) is 2. The quantitative estimate of drug-likeness (QED) is 0.375. The van der Waals surface area contributed by atoms with Crippen molar-refractivity contribution in [2.45, 2.75) is 66.3 Å². The van der Waals surface area contributed by atoms with Crippen molar-refractivity contribution in [2.75, 3.05) is 6.54 Å². The van der Waals surface area contributed by atoms with Gasteiger partial charge in [-0.3, -0.25) is 4.98 Å². The molecular formula is C25H153ClN2. The lowest BCUT2D eigenvalue weighted by atomic mass is 9.70. The Hall–Kier alpha value is -1.64. The van der Waals surface area contributed by atoms with Crippen LogP contribution in [0.15, 0.2) is 30.0 Å². The van der Waals surface area contributed by atoms with Crippen molar-refractivity contribution in [2.24, 2.45) is 5.41 Å². The lowest BCUT2D eigenvalue weighted by Crippen LogP contribution is -2.46. The zero-order valence-electron chi connectivity index (χ0n) is 18.9. The van der Waals surface area contributed by atoms with Gasteiger partial charge < -0.3 is 5.31 Å². The SMILES string of the molecule is [2H]N1CC/C(=C2\c3ccc(Cl)cc3CC(C)c3c2ncc(C)c3C)C(C)(C)C1C.[HH].[HH].[HH].[HH].[HH].[HH].[HH].[HH].[HH].[HH].[HH].[HH].[HH].[HH].[HH].[HH].[HH].[HH].[HH].[HH].[HH].[HH].[HH].[HH].[HH].[HH].[HH].[HH].[HH].[HH].[HH].[HH].[HH].[HH].[HH].[HH].[HH].[HH].[HH].[HH].[HH].[HH].[HH].[HH].[HH].[HH].[HH].[HH].[HH].[HH].[HH].[HH].[HH].[HH].[HH].[HH].[HH].[HH].[HH].[HH].[HH]. The summed E-state index contributed by atoms with van der Waals surface area (Å²) in [5.74, 6) is 0.379. The molecule has 28 heavy (non-hydrogen) atoms. The standard InChI is InChI=1S/C25H31ClN2.61H2/c1-14-11-18-12-19(26)7-8-20(18)23(21-9-10-27-17(4)25(21,5)6)24-22(14)16(3)15(2)13-28-24;;;;;;;;;;;;;;;;;;;;;;;;;;;;;;;;;;;;;;;;;;;;;;;;;;;;;;;;;;;;;/h7-8,12-14,17,27H,9-11H2,1-6H3;61*1H/b23-21-;;;;;;;;;;;;;;;;;;;;;;;;;;;;;;;;;;;;;;;;;;;;;;;;;;;;;;;;;;;;;/i/hD. The van der Waals surface area contributed by atoms with Crippen molar-refractivity contribution in [3.8, 4) is 0 Å². The van der Waals surface area contributed by atoms with E-state index in [4.69, 9.17) is 18.0 Å². The van der Waals surface area contributed by atoms with Crippen LogP contribution in [0.4, 0.5) is 0 Å². The Balaban J connectivity index is -0.00000000300. The Labute approximate surface area is 266 Å². The highest BCUT2D eigenvalue weighted by Gasteiger charge is 2.38. The van der Waals surface area contributed by atoms with Crippen molar-refractivity contribution in [3.63, 3.8) is 0 Å². The van der Waals surface area contributed by atoms with Crippen LogP contribution in [0.1, 0.15) is 161 Å². The number of benzene rings is 1. The Morgan fingerprint density at radius 2 is 2.04 bits per heavy atom. The molecular weight excluding hydrogens is 364 g/mol. The van der Waals surface area contributed by atoms with Gasteiger partial charge in [0.15, 0.2) is 0 Å². The summed E-state index contributed by atoms with van der Waals surface area (Å²) in [5, 5.41) is 2.53. The van der Waals surface area contributed by atoms with Crippen LogP contribution in [0.25, 0.3) is 5.57 Å². The molecule has 1 aromatic carbocycles. The number of piperidine rings is 1. The van der Waals surface area contributed by atoms with Crippen molar-refractivity contribution < 1.29 is 88.4 Å². The molecule has 1 aliphatic heterocycles. The minimum atomic E-state index is -0.114. The van der Waals surface area contributed by atoms with Gasteiger partial charge in [-0.2, -0.15) is 0 Å². The number of fused-ring (bicyclic) bond motifs is 2. The lowest BCUT2D eigenvalue weighted by molar-refractivity contribution is 0.271. The number of nitrogens with zero attached hydrogens (tertiary/aromatic N) is 1. The van der Waals surface area contributed by atoms with E-state index in [0.717, 1.165) is 30.1 Å². The van der Waals surface area contributed by atoms with E-state index in [0.29, 0.717) is 5.92 Å². The minimum Gasteiger partial charge on any atom is -0.313 e. The van der Waals surface area contributed by atoms with E-state index in [-0.39, 0.29) is 98.5 Å². The summed E-state index contributed by atoms with van der Waals surface area (Å²) < 4.78 is 8.37. The fourth-order valence-electron chi connectivity index (χ4n) is 4.98. The predicted molar refractivity (Wildman–Crippen MR) is 248 cm³/mol. The maximum Gasteiger partial charge on any atom is 0.123 e. The van der Waals surface area contributed by atoms with E-state index in [1.165, 1.54) is 39.0 Å². The van der Waals surface area contributed by atoms with E-state index in [9.17, 15) is 0 Å². The molecule has 1 saturated heterocycles. The summed E-state index contributed by atoms with van der Waals surface area (Å²) >= 11 is 6.41. The summed E-state index contributed by atoms with van der Waals surface area (Å²) in [4.78, 5) is 5.03. The van der Waals surface area contributed by atoms with Gasteiger partial charge in [-0.25, -0.2) is 0 Å². The molecule has 2 atom stereocenters. The summed E-state index contributed by atoms with van der Waals surface area (Å²) in [6, 6.07) is 6.48. The van der Waals surface area contributed by atoms with E-state index >= 15 is 0 Å². The van der Waals surface area contributed by atoms with Gasteiger partial charge in [0, 0.05) is 115 Å². The smallest absolute Gasteiger partial charge is 0.123 e. The number of halogens is 1. The molecule has 2 heterocycles. The third-order valence-electron chi connectivity index (χ3n) is 7.12. The Morgan fingerprint density at radius 1 is 1.29 bits per heavy atom. The van der Waals surface area contributed by atoms with Crippen LogP contribution in [0.3, 0.4) is 0 Å². The zero-order chi connectivity index (χ0) is 21.1. The van der Waals surface area contributed by atoms with Gasteiger partial charge >= 0.3 is 0 Å². The summed E-state index contributed by atoms with van der Waals surface area (Å²) in [7, 11) is 0. The van der Waals surface area contributed by atoms with Crippen molar-refractivity contribution in [3.05, 3.63) is 68.5 Å². The van der Waals surface area contributed by atoms with Crippen LogP contribution in [-0.2, 0) is 6.42 Å². The number of hydrogen-bond donors (Lipinski definition) is 1. The first kappa shape index (κ1) is 18.4. The second-order valence-electron chi connectivity index (χ2n) is 9.14. The lowest BCUT2D eigenvalue weighted by Gasteiger charge is -2.41. The monoisotopic (exact) mass is 518 g/mol. The summed E-state index contributed by atoms with van der Waals surface area (Å²) in [5.41, 5.74) is 10.3. The molecule has 3 heteroatoms. The molecule has 0 radical (unpaired) electrons. The average molecular weight is 519 g/mol. The predicted octanol–water partition coefficient (Wildman–Crippen LogP) is 21.2. The van der Waals surface area contributed by atoms with Crippen LogP contribution in [0, 0.1) is 19.3 Å². The highest BCUT2D eigenvalue weighted by molar-refractivity contribution is 6.30. The fraction of sp³-hybridized carbons (Fsp3) is 0.480. The minimum absolute atomic E-state index is 0. The van der Waals surface area contributed by atoms with Crippen molar-refractivity contribution in [1.29, 1.82) is 0 Å². The normalized spacial score (nSPS) is 27.6. The molecule has 270 valence electrons. The van der Waals surface area contributed by atoms with Gasteiger partial charge in [0.25, 0.3) is 0 Å². The van der Waals surface area contributed by atoms with Crippen molar-refractivity contribution in [1.82, 2.24) is 10.3 Å². The maximum absolute atomic E-state index is 8.37. The number of nitrogens with one attached hydrogen (secondary N) is 1. The molecule has 1 aliphatic carbocycles. The van der Waals surface area contributed by atoms with Crippen LogP contribution in [0.2, 0.25) is 6.43 Å². The number of rotatable bonds is 0. The fourth-order valence-corrected chi connectivity index (χ4v) is 5.17. The largest absolute Gasteiger partial charge is 0.313 e. The van der Waals surface area contributed by atoms with Gasteiger partial charge in [0.05, 0.1) is 5.69 Å². The van der Waals surface area contributed by atoms with E-state index in [1.807, 2.05) is 12.3 Å². The Morgan fingerprint density at radius 3 is 2.79 bits per heavy atom. The Bertz CT molecular complexity index is 1080. The Kier molecular flexibility index (Phi) is 4.60. The molecule has 1 N–H and O–H groups in total. The van der Waals surface area contributed by atoms with E-state index < -0.39 is 0 Å². The molecule has 0 amide bonds. The topological polar surface area (TPSA) is 24.9 Å². The first-order chi connectivity index (χ1) is 13.6. The first-order valence-electron chi connectivity index (χ1n) is 10.8. The molecule has 2 aliphatic rings. The zero-order valence-corrected chi connectivity index (χ0v) is 18.6. The van der Waals surface area contributed by atoms with Crippen LogP contribution >= 0.6 is 11.6 Å². The maximum atomic E-state index is 8.37. The van der Waals surface area contributed by atoms with Crippen LogP contribution in [0.5, 0.6) is 0 Å². The molecule has 2 aromatic rings.